The zero-order chi connectivity index (χ0) is 79.2. The second-order valence-electron chi connectivity index (χ2n) is 29.0. The van der Waals surface area contributed by atoms with Crippen molar-refractivity contribution in [2.24, 2.45) is 0 Å². The third-order valence-electron chi connectivity index (χ3n) is 21.2. The minimum Gasteiger partial charge on any atom is -0.423 e. The zero-order valence-corrected chi connectivity index (χ0v) is 67.5. The molecule has 0 saturated heterocycles. The van der Waals surface area contributed by atoms with Crippen molar-refractivity contribution in [3.8, 4) is 55.6 Å². The van der Waals surface area contributed by atoms with E-state index >= 15 is 0 Å². The van der Waals surface area contributed by atoms with E-state index in [0.717, 1.165) is 71.2 Å². The van der Waals surface area contributed by atoms with Crippen LogP contribution in [0.5, 0.6) is 0 Å². The zero-order valence-electron chi connectivity index (χ0n) is 64.3. The highest BCUT2D eigenvalue weighted by molar-refractivity contribution is 9.10. The van der Waals surface area contributed by atoms with Gasteiger partial charge in [0.05, 0.1) is 11.4 Å². The predicted molar refractivity (Wildman–Crippen MR) is 499 cm³/mol. The van der Waals surface area contributed by atoms with Crippen molar-refractivity contribution in [1.82, 2.24) is 0 Å². The lowest BCUT2D eigenvalue weighted by Crippen LogP contribution is -2.29. The van der Waals surface area contributed by atoms with Gasteiger partial charge in [0.15, 0.2) is 0 Å². The van der Waals surface area contributed by atoms with Crippen LogP contribution in [0.15, 0.2) is 458 Å². The Bertz CT molecular complexity index is 6100. The van der Waals surface area contributed by atoms with Gasteiger partial charge in [-0.1, -0.05) is 349 Å². The van der Waals surface area contributed by atoms with E-state index in [2.05, 4.69) is 442 Å². The molecule has 0 bridgehead atoms. The topological polar surface area (TPSA) is 62.2 Å². The molecule has 0 amide bonds. The van der Waals surface area contributed by atoms with Crippen LogP contribution < -0.4 is 25.5 Å². The molecular weight excluding hydrogens is 1540 g/mol. The maximum absolute atomic E-state index is 9.37. The molecule has 560 valence electrons. The molecule has 0 fully saturated rings. The Labute approximate surface area is 697 Å². The van der Waals surface area contributed by atoms with Gasteiger partial charge in [0, 0.05) is 76.3 Å². The van der Waals surface area contributed by atoms with Crippen LogP contribution in [0.4, 0.5) is 62.6 Å². The van der Waals surface area contributed by atoms with Crippen LogP contribution in [-0.4, -0.2) is 17.2 Å². The third-order valence-corrected chi connectivity index (χ3v) is 22.2. The van der Waals surface area contributed by atoms with E-state index in [1.807, 2.05) is 60.7 Å². The van der Waals surface area contributed by atoms with Gasteiger partial charge >= 0.3 is 7.12 Å². The number of hydrogen-bond donors (Lipinski definition) is 3. The number of benzene rings is 18. The molecular formula is C107H83BBr2N4O2. The van der Waals surface area contributed by atoms with Gasteiger partial charge < -0.3 is 30.1 Å². The molecule has 0 atom stereocenters. The lowest BCUT2D eigenvalue weighted by Gasteiger charge is -2.28. The number of anilines is 11. The highest BCUT2D eigenvalue weighted by atomic mass is 79.9. The smallest absolute Gasteiger partial charge is 0.423 e. The summed E-state index contributed by atoms with van der Waals surface area (Å²) in [5.74, 6) is 0. The van der Waals surface area contributed by atoms with Crippen molar-refractivity contribution in [2.45, 2.75) is 19.3 Å². The number of halogens is 2. The largest absolute Gasteiger partial charge is 0.488 e. The second kappa shape index (κ2) is 35.8. The van der Waals surface area contributed by atoms with Gasteiger partial charge in [-0.05, 0) is 229 Å². The first-order valence-electron chi connectivity index (χ1n) is 39.0. The van der Waals surface area contributed by atoms with Gasteiger partial charge in [-0.2, -0.15) is 0 Å². The Morgan fingerprint density at radius 1 is 0.250 bits per heavy atom. The predicted octanol–water partition coefficient (Wildman–Crippen LogP) is 29.4. The summed E-state index contributed by atoms with van der Waals surface area (Å²) in [6.45, 7) is 4.67. The molecule has 18 aromatic carbocycles. The van der Waals surface area contributed by atoms with E-state index in [-0.39, 0.29) is 5.41 Å². The van der Waals surface area contributed by atoms with E-state index in [9.17, 15) is 10.0 Å². The lowest BCUT2D eigenvalue weighted by molar-refractivity contribution is 0.426. The molecule has 0 aromatic heterocycles. The normalized spacial score (nSPS) is 11.4. The van der Waals surface area contributed by atoms with Crippen LogP contribution in [0.25, 0.3) is 77.2 Å². The van der Waals surface area contributed by atoms with Gasteiger partial charge in [0.2, 0.25) is 0 Å². The lowest BCUT2D eigenvalue weighted by atomic mass is 9.80. The van der Waals surface area contributed by atoms with Gasteiger partial charge in [-0.15, -0.1) is 0 Å². The van der Waals surface area contributed by atoms with Crippen molar-refractivity contribution in [3.63, 3.8) is 0 Å². The average molecular weight is 1630 g/mol. The SMILES string of the molecule is Brc1ccc(N(c2ccccc2)c2cccc3ccccc23)cc1.CC1(C)c2cc(Br)ccc2-c2ccc(N(c3ccc(-c4ccccc4)cc3)c3ccc(-c4ccccc4)cc3)cc21.OB(O)c1ccc(N(c2ccccc2)c2cccc3ccccc23)cc1.c1ccc(-c2ccc(Nc3ccc(-c4ccccc4)cc3)cc2)cc1. The minimum absolute atomic E-state index is 0.0928. The number of hydrogen-bond acceptors (Lipinski definition) is 6. The molecule has 0 heterocycles. The summed E-state index contributed by atoms with van der Waals surface area (Å²) in [5, 5.41) is 27.0. The van der Waals surface area contributed by atoms with Crippen LogP contribution in [0.2, 0.25) is 0 Å². The molecule has 116 heavy (non-hydrogen) atoms. The Kier molecular flexibility index (Phi) is 23.6. The van der Waals surface area contributed by atoms with Crippen molar-refractivity contribution >= 4 is 129 Å². The first-order chi connectivity index (χ1) is 56.9. The van der Waals surface area contributed by atoms with E-state index in [1.54, 1.807) is 12.1 Å². The Balaban J connectivity index is 0.000000119. The molecule has 1 aliphatic carbocycles. The maximum Gasteiger partial charge on any atom is 0.488 e. The molecule has 0 saturated carbocycles. The first kappa shape index (κ1) is 76.6. The van der Waals surface area contributed by atoms with Crippen LogP contribution in [-0.2, 0) is 5.41 Å². The van der Waals surface area contributed by atoms with Crippen LogP contribution in [0.3, 0.4) is 0 Å². The number of fused-ring (bicyclic) bond motifs is 5. The third kappa shape index (κ3) is 17.5. The first-order valence-corrected chi connectivity index (χ1v) is 40.5. The number of nitrogens with zero attached hydrogens (tertiary/aromatic N) is 3. The van der Waals surface area contributed by atoms with Crippen LogP contribution in [0.1, 0.15) is 25.0 Å². The molecule has 6 nitrogen and oxygen atoms in total. The summed E-state index contributed by atoms with van der Waals surface area (Å²) in [4.78, 5) is 6.85. The summed E-state index contributed by atoms with van der Waals surface area (Å²) >= 11 is 7.23. The standard InChI is InChI=1S/C39H30BrN.C24H19N.C22H18BNO2.C22H16BrN/c1-39(2)37-25-31(40)17-23-35(37)36-24-22-34(26-38(36)39)41(32-18-13-29(14-19-32)27-9-5-3-6-10-27)33-20-15-30(16-21-33)28-11-7-4-8-12-28;1-3-7-19(8-4-1)21-11-15-23(16-12-21)25-24-17-13-22(14-18-24)20-9-5-2-6-10-20;25-23(26)18-13-15-20(16-14-18)24(19-9-2-1-3-10-19)22-12-6-8-17-7-4-5-11-21(17)22;23-18-13-15-20(16-14-18)24(19-9-2-1-3-10-19)22-12-6-8-17-7-4-5-11-21(17)22/h3-26H,1-2H3;1-18,25H;1-16,25-26H;1-16H. The second-order valence-corrected chi connectivity index (χ2v) is 30.8. The highest BCUT2D eigenvalue weighted by Crippen LogP contribution is 2.52. The van der Waals surface area contributed by atoms with Crippen molar-refractivity contribution in [1.29, 1.82) is 0 Å². The van der Waals surface area contributed by atoms with E-state index in [1.165, 1.54) is 88.6 Å². The van der Waals surface area contributed by atoms with E-state index in [4.69, 9.17) is 0 Å². The Hall–Kier alpha value is -13.4. The van der Waals surface area contributed by atoms with E-state index < -0.39 is 7.12 Å². The molecule has 0 aliphatic heterocycles. The number of para-hydroxylation sites is 2. The van der Waals surface area contributed by atoms with Crippen LogP contribution >= 0.6 is 31.9 Å². The maximum atomic E-state index is 9.37. The fourth-order valence-electron chi connectivity index (χ4n) is 15.3. The molecule has 9 heteroatoms. The molecule has 3 N–H and O–H groups in total. The molecule has 18 aromatic rings. The van der Waals surface area contributed by atoms with Crippen molar-refractivity contribution in [2.75, 3.05) is 20.0 Å². The fourth-order valence-corrected chi connectivity index (χ4v) is 15.9. The molecule has 0 spiro atoms. The highest BCUT2D eigenvalue weighted by Gasteiger charge is 2.36. The summed E-state index contributed by atoms with van der Waals surface area (Å²) in [5.41, 5.74) is 27.7. The monoisotopic (exact) mass is 1620 g/mol. The quantitative estimate of drug-likeness (QED) is 0.0838. The molecule has 0 radical (unpaired) electrons. The Morgan fingerprint density at radius 3 is 0.931 bits per heavy atom. The van der Waals surface area contributed by atoms with Crippen LogP contribution in [0, 0.1) is 0 Å². The molecule has 1 aliphatic rings. The molecule has 0 unspecified atom stereocenters. The summed E-state index contributed by atoms with van der Waals surface area (Å²) in [6.07, 6.45) is 0. The minimum atomic E-state index is -1.47. The van der Waals surface area contributed by atoms with Gasteiger partial charge in [0.1, 0.15) is 0 Å². The van der Waals surface area contributed by atoms with Crippen molar-refractivity contribution < 1.29 is 10.0 Å². The average Bonchev–Trinajstić information content (AvgIpc) is 1.57. The Morgan fingerprint density at radius 2 is 0.534 bits per heavy atom. The fraction of sp³-hybridized carbons (Fsp3) is 0.0280. The van der Waals surface area contributed by atoms with E-state index in [0.29, 0.717) is 5.46 Å². The summed E-state index contributed by atoms with van der Waals surface area (Å²) in [6, 6.07) is 156. The summed E-state index contributed by atoms with van der Waals surface area (Å²) < 4.78 is 2.20. The van der Waals surface area contributed by atoms with Gasteiger partial charge in [-0.25, -0.2) is 0 Å². The number of rotatable bonds is 16. The summed E-state index contributed by atoms with van der Waals surface area (Å²) in [7, 11) is -1.47. The number of nitrogens with one attached hydrogen (secondary N) is 1. The van der Waals surface area contributed by atoms with Crippen molar-refractivity contribution in [3.05, 3.63) is 469 Å². The van der Waals surface area contributed by atoms with Gasteiger partial charge in [-0.3, -0.25) is 0 Å². The van der Waals surface area contributed by atoms with Gasteiger partial charge in [0.25, 0.3) is 0 Å². The molecule has 19 rings (SSSR count).